The molecule has 114 valence electrons. The van der Waals surface area contributed by atoms with E-state index < -0.39 is 24.3 Å². The Kier molecular flexibility index (Phi) is 10.5. The van der Waals surface area contributed by atoms with Gasteiger partial charge >= 0.3 is 24.3 Å². The lowest BCUT2D eigenvalue weighted by Gasteiger charge is -1.93. The standard InChI is InChI=1S/C3H7NO.2C2HF3O2/c1-4(2)3-5;2*3-2(4,5)1(6)7/h3H,1-2H3;2*(H,6,7). The number of hydrogen-bond acceptors (Lipinski definition) is 3. The third-order valence-electron chi connectivity index (χ3n) is 0.696. The van der Waals surface area contributed by atoms with Gasteiger partial charge in [-0.15, -0.1) is 0 Å². The van der Waals surface area contributed by atoms with E-state index in [0.29, 0.717) is 0 Å². The van der Waals surface area contributed by atoms with Crippen molar-refractivity contribution >= 4 is 18.3 Å². The number of hydrogen-bond donors (Lipinski definition) is 2. The van der Waals surface area contributed by atoms with Crippen molar-refractivity contribution in [1.29, 1.82) is 0 Å². The van der Waals surface area contributed by atoms with E-state index in [2.05, 4.69) is 0 Å². The summed E-state index contributed by atoms with van der Waals surface area (Å²) in [6, 6.07) is 0. The first kappa shape index (κ1) is 22.2. The van der Waals surface area contributed by atoms with Crippen LogP contribution in [0.25, 0.3) is 0 Å². The number of carboxylic acid groups (broad SMARTS) is 2. The minimum atomic E-state index is -5.08. The summed E-state index contributed by atoms with van der Waals surface area (Å²) in [4.78, 5) is 28.7. The van der Waals surface area contributed by atoms with Crippen molar-refractivity contribution < 1.29 is 50.9 Å². The van der Waals surface area contributed by atoms with Gasteiger partial charge in [-0.25, -0.2) is 9.59 Å². The van der Waals surface area contributed by atoms with Gasteiger partial charge in [0.1, 0.15) is 0 Å². The van der Waals surface area contributed by atoms with Crippen molar-refractivity contribution in [3.63, 3.8) is 0 Å². The smallest absolute Gasteiger partial charge is 0.475 e. The molecule has 0 radical (unpaired) electrons. The first-order valence-corrected chi connectivity index (χ1v) is 3.88. The van der Waals surface area contributed by atoms with Crippen LogP contribution in [0.5, 0.6) is 0 Å². The summed E-state index contributed by atoms with van der Waals surface area (Å²) >= 11 is 0. The van der Waals surface area contributed by atoms with Crippen molar-refractivity contribution in [2.24, 2.45) is 0 Å². The first-order valence-electron chi connectivity index (χ1n) is 3.88. The van der Waals surface area contributed by atoms with Gasteiger partial charge < -0.3 is 15.1 Å². The lowest BCUT2D eigenvalue weighted by Crippen LogP contribution is -2.21. The molecule has 12 heteroatoms. The van der Waals surface area contributed by atoms with Gasteiger partial charge in [0.05, 0.1) is 0 Å². The summed E-state index contributed by atoms with van der Waals surface area (Å²) in [7, 11) is 3.38. The van der Waals surface area contributed by atoms with E-state index in [0.717, 1.165) is 6.41 Å². The van der Waals surface area contributed by atoms with E-state index in [4.69, 9.17) is 19.8 Å². The Labute approximate surface area is 102 Å². The molecule has 0 saturated heterocycles. The van der Waals surface area contributed by atoms with Crippen LogP contribution in [0.4, 0.5) is 26.3 Å². The fourth-order valence-electron chi connectivity index (χ4n) is 0. The topological polar surface area (TPSA) is 94.9 Å². The Morgan fingerprint density at radius 3 is 1.00 bits per heavy atom. The Balaban J connectivity index is -0.000000206. The number of aliphatic carboxylic acids is 2. The van der Waals surface area contributed by atoms with Crippen molar-refractivity contribution in [3.05, 3.63) is 0 Å². The molecule has 0 saturated carbocycles. The number of carboxylic acids is 2. The molecular weight excluding hydrogens is 292 g/mol. The van der Waals surface area contributed by atoms with Gasteiger partial charge in [-0.2, -0.15) is 26.3 Å². The Morgan fingerprint density at radius 2 is 1.00 bits per heavy atom. The molecule has 0 aromatic carbocycles. The molecule has 0 atom stereocenters. The van der Waals surface area contributed by atoms with Gasteiger partial charge in [0.2, 0.25) is 6.41 Å². The largest absolute Gasteiger partial charge is 0.490 e. The Hall–Kier alpha value is -2.01. The molecule has 0 unspecified atom stereocenters. The van der Waals surface area contributed by atoms with E-state index in [1.54, 1.807) is 14.1 Å². The lowest BCUT2D eigenvalue weighted by molar-refractivity contribution is -0.193. The minimum Gasteiger partial charge on any atom is -0.475 e. The van der Waals surface area contributed by atoms with Gasteiger partial charge in [0.25, 0.3) is 0 Å². The monoisotopic (exact) mass is 301 g/mol. The van der Waals surface area contributed by atoms with Gasteiger partial charge in [0.15, 0.2) is 0 Å². The number of carbonyl (C=O) groups is 3. The SMILES string of the molecule is CN(C)C=O.O=C(O)C(F)(F)F.O=C(O)C(F)(F)F. The van der Waals surface area contributed by atoms with Crippen LogP contribution in [0.15, 0.2) is 0 Å². The summed E-state index contributed by atoms with van der Waals surface area (Å²) in [6.45, 7) is 0. The van der Waals surface area contributed by atoms with E-state index in [9.17, 15) is 31.1 Å². The van der Waals surface area contributed by atoms with Gasteiger partial charge in [-0.05, 0) is 0 Å². The average Bonchev–Trinajstić information content (AvgIpc) is 2.16. The van der Waals surface area contributed by atoms with E-state index in [1.807, 2.05) is 0 Å². The molecule has 2 N–H and O–H groups in total. The number of carbonyl (C=O) groups excluding carboxylic acids is 1. The second kappa shape index (κ2) is 8.99. The number of amides is 1. The Bertz CT molecular complexity index is 273. The fourth-order valence-corrected chi connectivity index (χ4v) is 0. The summed E-state index contributed by atoms with van der Waals surface area (Å²) < 4.78 is 63.5. The van der Waals surface area contributed by atoms with Crippen LogP contribution in [0.2, 0.25) is 0 Å². The van der Waals surface area contributed by atoms with Gasteiger partial charge in [0, 0.05) is 14.1 Å². The highest BCUT2D eigenvalue weighted by Gasteiger charge is 2.38. The normalized spacial score (nSPS) is 10.1. The highest BCUT2D eigenvalue weighted by Crippen LogP contribution is 2.13. The number of nitrogens with zero attached hydrogens (tertiary/aromatic N) is 1. The molecular formula is C7H9F6NO5. The van der Waals surface area contributed by atoms with Crippen LogP contribution in [0, 0.1) is 0 Å². The van der Waals surface area contributed by atoms with Crippen molar-refractivity contribution in [2.75, 3.05) is 14.1 Å². The molecule has 0 aliphatic rings. The van der Waals surface area contributed by atoms with Crippen molar-refractivity contribution in [3.8, 4) is 0 Å². The average molecular weight is 301 g/mol. The lowest BCUT2D eigenvalue weighted by atomic mass is 10.7. The number of halogens is 6. The second-order valence-electron chi connectivity index (χ2n) is 2.67. The van der Waals surface area contributed by atoms with Crippen LogP contribution in [0.1, 0.15) is 0 Å². The number of rotatable bonds is 1. The minimum absolute atomic E-state index is 0.750. The van der Waals surface area contributed by atoms with Crippen LogP contribution in [-0.4, -0.2) is 59.9 Å². The van der Waals surface area contributed by atoms with Crippen molar-refractivity contribution in [2.45, 2.75) is 12.4 Å². The zero-order valence-electron chi connectivity index (χ0n) is 9.41. The van der Waals surface area contributed by atoms with Gasteiger partial charge in [-0.3, -0.25) is 4.79 Å². The third-order valence-corrected chi connectivity index (χ3v) is 0.696. The van der Waals surface area contributed by atoms with E-state index in [-0.39, 0.29) is 0 Å². The molecule has 0 spiro atoms. The second-order valence-corrected chi connectivity index (χ2v) is 2.67. The highest BCUT2D eigenvalue weighted by atomic mass is 19.4. The maximum atomic E-state index is 10.6. The molecule has 0 rings (SSSR count). The zero-order chi connectivity index (χ0) is 16.4. The maximum Gasteiger partial charge on any atom is 0.490 e. The molecule has 6 nitrogen and oxygen atoms in total. The fraction of sp³-hybridized carbons (Fsp3) is 0.571. The molecule has 0 fully saturated rings. The summed E-state index contributed by atoms with van der Waals surface area (Å²) in [5.74, 6) is -5.51. The van der Waals surface area contributed by atoms with E-state index in [1.165, 1.54) is 4.90 Å². The number of alkyl halides is 6. The molecule has 0 bridgehead atoms. The summed E-state index contributed by atoms with van der Waals surface area (Å²) in [6.07, 6.45) is -9.42. The quantitative estimate of drug-likeness (QED) is 0.556. The molecule has 0 aromatic rings. The van der Waals surface area contributed by atoms with Gasteiger partial charge in [-0.1, -0.05) is 0 Å². The predicted molar refractivity (Wildman–Crippen MR) is 47.1 cm³/mol. The summed E-state index contributed by atoms with van der Waals surface area (Å²) in [5, 5.41) is 14.2. The molecule has 19 heavy (non-hydrogen) atoms. The molecule has 0 aliphatic heterocycles. The molecule has 1 amide bonds. The highest BCUT2D eigenvalue weighted by molar-refractivity contribution is 5.73. The van der Waals surface area contributed by atoms with Crippen molar-refractivity contribution in [1.82, 2.24) is 4.90 Å². The predicted octanol–water partition coefficient (Wildman–Crippen LogP) is 0.971. The van der Waals surface area contributed by atoms with Crippen LogP contribution >= 0.6 is 0 Å². The van der Waals surface area contributed by atoms with Crippen LogP contribution in [-0.2, 0) is 14.4 Å². The van der Waals surface area contributed by atoms with E-state index >= 15 is 0 Å². The van der Waals surface area contributed by atoms with Crippen LogP contribution < -0.4 is 0 Å². The zero-order valence-corrected chi connectivity index (χ0v) is 9.41. The first-order chi connectivity index (χ1) is 8.16. The molecule has 0 aromatic heterocycles. The van der Waals surface area contributed by atoms with Crippen LogP contribution in [0.3, 0.4) is 0 Å². The summed E-state index contributed by atoms with van der Waals surface area (Å²) in [5.41, 5.74) is 0. The third kappa shape index (κ3) is 21.8. The molecule has 0 aliphatic carbocycles. The maximum absolute atomic E-state index is 10.6. The Morgan fingerprint density at radius 1 is 0.895 bits per heavy atom. The molecule has 0 heterocycles.